The van der Waals surface area contributed by atoms with Crippen LogP contribution in [0.4, 0.5) is 0 Å². The average Bonchev–Trinajstić information content (AvgIpc) is 2.04. The van der Waals surface area contributed by atoms with Crippen LogP contribution in [-0.4, -0.2) is 50.7 Å². The van der Waals surface area contributed by atoms with E-state index in [0.717, 1.165) is 19.4 Å². The first-order valence-electron chi connectivity index (χ1n) is 4.70. The standard InChI is InChI=1S/C9H18N2O2/c1-11(2)6-9(12)10-8-4-3-5-13-7-8/h8H,3-7H2,1-2H3,(H,10,12)/t8-/m0/s1. The Kier molecular flexibility index (Phi) is 4.18. The van der Waals surface area contributed by atoms with Crippen LogP contribution >= 0.6 is 0 Å². The van der Waals surface area contributed by atoms with Crippen LogP contribution < -0.4 is 5.32 Å². The second-order valence-corrected chi connectivity index (χ2v) is 3.72. The van der Waals surface area contributed by atoms with Gasteiger partial charge in [-0.25, -0.2) is 0 Å². The van der Waals surface area contributed by atoms with Crippen LogP contribution in [0.2, 0.25) is 0 Å². The summed E-state index contributed by atoms with van der Waals surface area (Å²) in [6.07, 6.45) is 2.09. The molecule has 76 valence electrons. The van der Waals surface area contributed by atoms with Gasteiger partial charge in [0.15, 0.2) is 0 Å². The fraction of sp³-hybridized carbons (Fsp3) is 0.889. The molecule has 13 heavy (non-hydrogen) atoms. The van der Waals surface area contributed by atoms with Crippen molar-refractivity contribution in [3.8, 4) is 0 Å². The van der Waals surface area contributed by atoms with Gasteiger partial charge in [0.25, 0.3) is 0 Å². The molecule has 4 nitrogen and oxygen atoms in total. The molecule has 1 aliphatic rings. The van der Waals surface area contributed by atoms with Crippen molar-refractivity contribution in [2.24, 2.45) is 0 Å². The highest BCUT2D eigenvalue weighted by molar-refractivity contribution is 5.78. The van der Waals surface area contributed by atoms with E-state index in [4.69, 9.17) is 4.74 Å². The molecule has 1 amide bonds. The molecule has 0 saturated carbocycles. The lowest BCUT2D eigenvalue weighted by Crippen LogP contribution is -2.44. The van der Waals surface area contributed by atoms with Gasteiger partial charge < -0.3 is 15.0 Å². The summed E-state index contributed by atoms with van der Waals surface area (Å²) in [6, 6.07) is 0.223. The lowest BCUT2D eigenvalue weighted by Gasteiger charge is -2.23. The van der Waals surface area contributed by atoms with Crippen LogP contribution in [0.5, 0.6) is 0 Å². The van der Waals surface area contributed by atoms with Crippen LogP contribution in [0.3, 0.4) is 0 Å². The van der Waals surface area contributed by atoms with E-state index < -0.39 is 0 Å². The summed E-state index contributed by atoms with van der Waals surface area (Å²) in [4.78, 5) is 13.2. The molecule has 4 heteroatoms. The van der Waals surface area contributed by atoms with Crippen molar-refractivity contribution in [3.05, 3.63) is 0 Å². The van der Waals surface area contributed by atoms with Crippen LogP contribution in [0.1, 0.15) is 12.8 Å². The number of hydrogen-bond donors (Lipinski definition) is 1. The number of carbonyl (C=O) groups excluding carboxylic acids is 1. The number of hydrogen-bond acceptors (Lipinski definition) is 3. The van der Waals surface area contributed by atoms with Crippen molar-refractivity contribution < 1.29 is 9.53 Å². The van der Waals surface area contributed by atoms with E-state index in [2.05, 4.69) is 5.32 Å². The molecule has 0 aromatic rings. The zero-order valence-electron chi connectivity index (χ0n) is 8.38. The van der Waals surface area contributed by atoms with E-state index in [1.54, 1.807) is 0 Å². The van der Waals surface area contributed by atoms with Gasteiger partial charge >= 0.3 is 0 Å². The number of ether oxygens (including phenoxy) is 1. The molecular formula is C9H18N2O2. The molecule has 1 rings (SSSR count). The quantitative estimate of drug-likeness (QED) is 0.666. The van der Waals surface area contributed by atoms with Crippen molar-refractivity contribution >= 4 is 5.91 Å². The highest BCUT2D eigenvalue weighted by Gasteiger charge is 2.15. The third-order valence-corrected chi connectivity index (χ3v) is 1.99. The Bertz CT molecular complexity index is 165. The SMILES string of the molecule is CN(C)CC(=O)N[C@H]1CCCOC1. The molecule has 0 aromatic heterocycles. The molecule has 0 aliphatic carbocycles. The lowest BCUT2D eigenvalue weighted by atomic mass is 10.1. The molecule has 1 fully saturated rings. The Hall–Kier alpha value is -0.610. The first-order valence-corrected chi connectivity index (χ1v) is 4.70. The Morgan fingerprint density at radius 3 is 2.92 bits per heavy atom. The lowest BCUT2D eigenvalue weighted by molar-refractivity contribution is -0.123. The van der Waals surface area contributed by atoms with E-state index in [9.17, 15) is 4.79 Å². The summed E-state index contributed by atoms with van der Waals surface area (Å²) >= 11 is 0. The van der Waals surface area contributed by atoms with Gasteiger partial charge in [-0.2, -0.15) is 0 Å². The van der Waals surface area contributed by atoms with Crippen LogP contribution in [0.15, 0.2) is 0 Å². The Balaban J connectivity index is 2.18. The first-order chi connectivity index (χ1) is 6.18. The molecule has 1 N–H and O–H groups in total. The topological polar surface area (TPSA) is 41.6 Å². The molecule has 0 radical (unpaired) electrons. The Labute approximate surface area is 79.2 Å². The maximum Gasteiger partial charge on any atom is 0.234 e. The van der Waals surface area contributed by atoms with Gasteiger partial charge in [0.2, 0.25) is 5.91 Å². The van der Waals surface area contributed by atoms with Crippen molar-refractivity contribution in [3.63, 3.8) is 0 Å². The van der Waals surface area contributed by atoms with E-state index in [0.29, 0.717) is 13.2 Å². The highest BCUT2D eigenvalue weighted by atomic mass is 16.5. The number of likely N-dealkylation sites (N-methyl/N-ethyl adjacent to an activating group) is 1. The molecule has 0 bridgehead atoms. The summed E-state index contributed by atoms with van der Waals surface area (Å²) in [5.41, 5.74) is 0. The number of rotatable bonds is 3. The van der Waals surface area contributed by atoms with Crippen LogP contribution in [0, 0.1) is 0 Å². The molecule has 0 aromatic carbocycles. The predicted molar refractivity (Wildman–Crippen MR) is 50.5 cm³/mol. The van der Waals surface area contributed by atoms with Gasteiger partial charge in [-0.15, -0.1) is 0 Å². The third-order valence-electron chi connectivity index (χ3n) is 1.99. The second-order valence-electron chi connectivity index (χ2n) is 3.72. The van der Waals surface area contributed by atoms with Gasteiger partial charge in [-0.3, -0.25) is 4.79 Å². The summed E-state index contributed by atoms with van der Waals surface area (Å²) in [6.45, 7) is 1.95. The number of nitrogens with one attached hydrogen (secondary N) is 1. The summed E-state index contributed by atoms with van der Waals surface area (Å²) in [7, 11) is 3.77. The minimum Gasteiger partial charge on any atom is -0.379 e. The summed E-state index contributed by atoms with van der Waals surface area (Å²) in [5, 5.41) is 2.94. The van der Waals surface area contributed by atoms with E-state index >= 15 is 0 Å². The highest BCUT2D eigenvalue weighted by Crippen LogP contribution is 2.05. The van der Waals surface area contributed by atoms with Crippen LogP contribution in [-0.2, 0) is 9.53 Å². The fourth-order valence-electron chi connectivity index (χ4n) is 1.42. The first kappa shape index (κ1) is 10.5. The largest absolute Gasteiger partial charge is 0.379 e. The number of carbonyl (C=O) groups is 1. The Morgan fingerprint density at radius 2 is 2.38 bits per heavy atom. The molecule has 1 aliphatic heterocycles. The van der Waals surface area contributed by atoms with Crippen LogP contribution in [0.25, 0.3) is 0 Å². The second kappa shape index (κ2) is 5.19. The number of amides is 1. The van der Waals surface area contributed by atoms with Gasteiger partial charge in [0.05, 0.1) is 19.2 Å². The average molecular weight is 186 g/mol. The van der Waals surface area contributed by atoms with Gasteiger partial charge in [0, 0.05) is 6.61 Å². The normalized spacial score (nSPS) is 23.2. The zero-order chi connectivity index (χ0) is 9.68. The van der Waals surface area contributed by atoms with Gasteiger partial charge in [-0.05, 0) is 26.9 Å². The summed E-state index contributed by atoms with van der Waals surface area (Å²) < 4.78 is 5.26. The summed E-state index contributed by atoms with van der Waals surface area (Å²) in [5.74, 6) is 0.0838. The zero-order valence-corrected chi connectivity index (χ0v) is 8.38. The minimum absolute atomic E-state index is 0.0838. The van der Waals surface area contributed by atoms with E-state index in [1.807, 2.05) is 19.0 Å². The van der Waals surface area contributed by atoms with Crippen molar-refractivity contribution in [2.75, 3.05) is 33.9 Å². The van der Waals surface area contributed by atoms with Crippen molar-refractivity contribution in [2.45, 2.75) is 18.9 Å². The molecular weight excluding hydrogens is 168 g/mol. The smallest absolute Gasteiger partial charge is 0.234 e. The van der Waals surface area contributed by atoms with E-state index in [1.165, 1.54) is 0 Å². The third kappa shape index (κ3) is 4.24. The maximum atomic E-state index is 11.3. The molecule has 0 unspecified atom stereocenters. The molecule has 1 heterocycles. The monoisotopic (exact) mass is 186 g/mol. The molecule has 1 atom stereocenters. The van der Waals surface area contributed by atoms with Crippen molar-refractivity contribution in [1.82, 2.24) is 10.2 Å². The maximum absolute atomic E-state index is 11.3. The number of nitrogens with zero attached hydrogens (tertiary/aromatic N) is 1. The minimum atomic E-state index is 0.0838. The van der Waals surface area contributed by atoms with E-state index in [-0.39, 0.29) is 11.9 Å². The Morgan fingerprint density at radius 1 is 1.62 bits per heavy atom. The molecule has 0 spiro atoms. The fourth-order valence-corrected chi connectivity index (χ4v) is 1.42. The van der Waals surface area contributed by atoms with Gasteiger partial charge in [0.1, 0.15) is 0 Å². The van der Waals surface area contributed by atoms with Gasteiger partial charge in [-0.1, -0.05) is 0 Å². The molecule has 1 saturated heterocycles. The predicted octanol–water partition coefficient (Wildman–Crippen LogP) is -0.157. The van der Waals surface area contributed by atoms with Crippen molar-refractivity contribution in [1.29, 1.82) is 0 Å².